The molecule has 25 heavy (non-hydrogen) atoms. The van der Waals surface area contributed by atoms with Gasteiger partial charge >= 0.3 is 0 Å². The molecule has 0 radical (unpaired) electrons. The maximum absolute atomic E-state index is 6.16. The first-order valence-electron chi connectivity index (χ1n) is 8.22. The van der Waals surface area contributed by atoms with Crippen LogP contribution >= 0.6 is 11.6 Å². The maximum atomic E-state index is 6.16. The van der Waals surface area contributed by atoms with Crippen molar-refractivity contribution in [1.29, 1.82) is 0 Å². The van der Waals surface area contributed by atoms with Crippen LogP contribution in [0.4, 0.5) is 5.69 Å². The van der Waals surface area contributed by atoms with Crippen LogP contribution in [0, 0.1) is 6.92 Å². The van der Waals surface area contributed by atoms with Gasteiger partial charge in [0.2, 0.25) is 0 Å². The lowest BCUT2D eigenvalue weighted by Crippen LogP contribution is -2.14. The number of hydrogen-bond acceptors (Lipinski definition) is 2. The number of rotatable bonds is 4. The van der Waals surface area contributed by atoms with Crippen LogP contribution in [0.1, 0.15) is 23.0 Å². The molecule has 0 aliphatic heterocycles. The van der Waals surface area contributed by atoms with Gasteiger partial charge in [-0.2, -0.15) is 0 Å². The molecule has 1 atom stereocenters. The van der Waals surface area contributed by atoms with Crippen LogP contribution in [0.15, 0.2) is 72.9 Å². The van der Waals surface area contributed by atoms with Gasteiger partial charge in [-0.25, -0.2) is 0 Å². The number of benzene rings is 2. The van der Waals surface area contributed by atoms with Crippen LogP contribution < -0.4 is 5.32 Å². The van der Waals surface area contributed by atoms with E-state index in [2.05, 4.69) is 40.4 Å². The van der Waals surface area contributed by atoms with Crippen LogP contribution in [-0.2, 0) is 0 Å². The molecule has 2 aromatic carbocycles. The molecular formula is C21H18ClN3. The van der Waals surface area contributed by atoms with E-state index in [1.807, 2.05) is 54.7 Å². The number of H-pyrrole nitrogens is 1. The Kier molecular flexibility index (Phi) is 4.16. The predicted octanol–water partition coefficient (Wildman–Crippen LogP) is 5.73. The number of nitrogens with one attached hydrogen (secondary N) is 2. The summed E-state index contributed by atoms with van der Waals surface area (Å²) in [6.07, 6.45) is 1.83. The van der Waals surface area contributed by atoms with Crippen molar-refractivity contribution in [3.63, 3.8) is 0 Å². The molecule has 0 aliphatic carbocycles. The fourth-order valence-corrected chi connectivity index (χ4v) is 3.45. The lowest BCUT2D eigenvalue weighted by atomic mass is 9.99. The minimum absolute atomic E-state index is 0.0733. The Hall–Kier alpha value is -2.78. The standard InChI is InChI=1S/C21H18ClN3/c1-14-20(17-9-2-3-10-18(17)24-14)21(19-11-4-5-12-23-19)25-16-8-6-7-15(22)13-16/h2-13,21,24-25H,1H3/t21-/m0/s1. The Morgan fingerprint density at radius 2 is 1.84 bits per heavy atom. The van der Waals surface area contributed by atoms with Gasteiger partial charge in [0.1, 0.15) is 0 Å². The highest BCUT2D eigenvalue weighted by atomic mass is 35.5. The highest BCUT2D eigenvalue weighted by Crippen LogP contribution is 2.34. The first-order valence-corrected chi connectivity index (χ1v) is 8.60. The summed E-state index contributed by atoms with van der Waals surface area (Å²) in [6.45, 7) is 2.10. The summed E-state index contributed by atoms with van der Waals surface area (Å²) in [5.41, 5.74) is 5.40. The predicted molar refractivity (Wildman–Crippen MR) is 104 cm³/mol. The van der Waals surface area contributed by atoms with Crippen LogP contribution in [0.3, 0.4) is 0 Å². The second-order valence-electron chi connectivity index (χ2n) is 6.05. The van der Waals surface area contributed by atoms with Crippen molar-refractivity contribution in [2.24, 2.45) is 0 Å². The Morgan fingerprint density at radius 3 is 2.64 bits per heavy atom. The summed E-state index contributed by atoms with van der Waals surface area (Å²) in [5, 5.41) is 5.51. The average molecular weight is 348 g/mol. The van der Waals surface area contributed by atoms with E-state index in [1.54, 1.807) is 0 Å². The number of para-hydroxylation sites is 1. The number of anilines is 1. The van der Waals surface area contributed by atoms with E-state index in [4.69, 9.17) is 11.6 Å². The molecule has 0 saturated heterocycles. The highest BCUT2D eigenvalue weighted by molar-refractivity contribution is 6.30. The third-order valence-corrected chi connectivity index (χ3v) is 4.59. The molecule has 0 unspecified atom stereocenters. The van der Waals surface area contributed by atoms with Gasteiger partial charge in [-0.05, 0) is 43.3 Å². The van der Waals surface area contributed by atoms with E-state index in [9.17, 15) is 0 Å². The van der Waals surface area contributed by atoms with Crippen molar-refractivity contribution in [2.75, 3.05) is 5.32 Å². The Labute approximate surface area is 151 Å². The summed E-state index contributed by atoms with van der Waals surface area (Å²) in [4.78, 5) is 8.07. The zero-order valence-corrected chi connectivity index (χ0v) is 14.6. The zero-order chi connectivity index (χ0) is 17.2. The number of fused-ring (bicyclic) bond motifs is 1. The molecule has 0 bridgehead atoms. The van der Waals surface area contributed by atoms with Gasteiger partial charge in [-0.15, -0.1) is 0 Å². The van der Waals surface area contributed by atoms with Crippen LogP contribution in [0.25, 0.3) is 10.9 Å². The Bertz CT molecular complexity index is 1010. The third-order valence-electron chi connectivity index (χ3n) is 4.35. The van der Waals surface area contributed by atoms with Gasteiger partial charge in [-0.3, -0.25) is 4.98 Å². The summed E-state index contributed by atoms with van der Waals surface area (Å²) in [7, 11) is 0. The fourth-order valence-electron chi connectivity index (χ4n) is 3.26. The van der Waals surface area contributed by atoms with E-state index in [1.165, 1.54) is 10.9 Å². The lowest BCUT2D eigenvalue weighted by Gasteiger charge is -2.21. The second-order valence-corrected chi connectivity index (χ2v) is 6.49. The van der Waals surface area contributed by atoms with Gasteiger partial charge in [-0.1, -0.05) is 41.9 Å². The molecule has 4 aromatic rings. The van der Waals surface area contributed by atoms with Crippen molar-refractivity contribution in [2.45, 2.75) is 13.0 Å². The van der Waals surface area contributed by atoms with Gasteiger partial charge in [0.25, 0.3) is 0 Å². The number of aryl methyl sites for hydroxylation is 1. The van der Waals surface area contributed by atoms with Crippen molar-refractivity contribution in [3.05, 3.63) is 94.9 Å². The zero-order valence-electron chi connectivity index (χ0n) is 13.8. The number of hydrogen-bond donors (Lipinski definition) is 2. The summed E-state index contributed by atoms with van der Waals surface area (Å²) in [6, 6.07) is 22.0. The number of nitrogens with zero attached hydrogens (tertiary/aromatic N) is 1. The Morgan fingerprint density at radius 1 is 1.00 bits per heavy atom. The van der Waals surface area contributed by atoms with Crippen molar-refractivity contribution < 1.29 is 0 Å². The molecule has 0 aliphatic rings. The molecule has 0 saturated carbocycles. The highest BCUT2D eigenvalue weighted by Gasteiger charge is 2.21. The van der Waals surface area contributed by atoms with Crippen LogP contribution in [0.2, 0.25) is 5.02 Å². The van der Waals surface area contributed by atoms with Crippen molar-refractivity contribution in [1.82, 2.24) is 9.97 Å². The molecule has 2 heterocycles. The lowest BCUT2D eigenvalue weighted by molar-refractivity contribution is 0.884. The summed E-state index contributed by atoms with van der Waals surface area (Å²) < 4.78 is 0. The van der Waals surface area contributed by atoms with E-state index < -0.39 is 0 Å². The molecule has 124 valence electrons. The minimum atomic E-state index is -0.0733. The van der Waals surface area contributed by atoms with E-state index >= 15 is 0 Å². The molecule has 0 spiro atoms. The molecular weight excluding hydrogens is 330 g/mol. The molecule has 4 rings (SSSR count). The first kappa shape index (κ1) is 15.7. The molecule has 3 nitrogen and oxygen atoms in total. The largest absolute Gasteiger partial charge is 0.373 e. The van der Waals surface area contributed by atoms with E-state index in [-0.39, 0.29) is 6.04 Å². The minimum Gasteiger partial charge on any atom is -0.373 e. The molecule has 0 amide bonds. The molecule has 4 heteroatoms. The third kappa shape index (κ3) is 3.11. The number of aromatic nitrogens is 2. The van der Waals surface area contributed by atoms with Crippen molar-refractivity contribution in [3.8, 4) is 0 Å². The monoisotopic (exact) mass is 347 g/mol. The smallest absolute Gasteiger partial charge is 0.0963 e. The summed E-state index contributed by atoms with van der Waals surface area (Å²) in [5.74, 6) is 0. The topological polar surface area (TPSA) is 40.7 Å². The second kappa shape index (κ2) is 6.61. The van der Waals surface area contributed by atoms with Gasteiger partial charge in [0, 0.05) is 39.1 Å². The fraction of sp³-hybridized carbons (Fsp3) is 0.0952. The van der Waals surface area contributed by atoms with Crippen molar-refractivity contribution >= 4 is 28.2 Å². The average Bonchev–Trinajstić information content (AvgIpc) is 2.96. The van der Waals surface area contributed by atoms with E-state index in [0.717, 1.165) is 22.6 Å². The molecule has 2 N–H and O–H groups in total. The number of aromatic amines is 1. The number of halogens is 1. The Balaban J connectivity index is 1.87. The SMILES string of the molecule is Cc1[nH]c2ccccc2c1[C@@H](Nc1cccc(Cl)c1)c1ccccn1. The normalized spacial score (nSPS) is 12.2. The number of pyridine rings is 1. The molecule has 0 fully saturated rings. The first-order chi connectivity index (χ1) is 12.2. The van der Waals surface area contributed by atoms with Crippen LogP contribution in [-0.4, -0.2) is 9.97 Å². The van der Waals surface area contributed by atoms with Gasteiger partial charge in [0.15, 0.2) is 0 Å². The summed E-state index contributed by atoms with van der Waals surface area (Å²) >= 11 is 6.16. The quantitative estimate of drug-likeness (QED) is 0.495. The maximum Gasteiger partial charge on any atom is 0.0963 e. The molecule has 2 aromatic heterocycles. The van der Waals surface area contributed by atoms with Gasteiger partial charge < -0.3 is 10.3 Å². The van der Waals surface area contributed by atoms with Gasteiger partial charge in [0.05, 0.1) is 11.7 Å². The van der Waals surface area contributed by atoms with Crippen LogP contribution in [0.5, 0.6) is 0 Å². The van der Waals surface area contributed by atoms with E-state index in [0.29, 0.717) is 5.02 Å².